The summed E-state index contributed by atoms with van der Waals surface area (Å²) < 4.78 is 0. The van der Waals surface area contributed by atoms with Crippen molar-refractivity contribution in [3.63, 3.8) is 0 Å². The normalized spacial score (nSPS) is 30.0. The van der Waals surface area contributed by atoms with Gasteiger partial charge in [-0.05, 0) is 68.5 Å². The van der Waals surface area contributed by atoms with Crippen LogP contribution in [0.25, 0.3) is 0 Å². The summed E-state index contributed by atoms with van der Waals surface area (Å²) in [4.78, 5) is 2.59. The third-order valence-corrected chi connectivity index (χ3v) is 5.32. The Morgan fingerprint density at radius 3 is 2.95 bits per heavy atom. The van der Waals surface area contributed by atoms with E-state index < -0.39 is 0 Å². The van der Waals surface area contributed by atoms with Crippen LogP contribution in [0.1, 0.15) is 42.9 Å². The van der Waals surface area contributed by atoms with Gasteiger partial charge < -0.3 is 5.73 Å². The molecular formula is C16H23ClN2. The third kappa shape index (κ3) is 2.42. The van der Waals surface area contributed by atoms with Gasteiger partial charge in [0.05, 0.1) is 0 Å². The Hall–Kier alpha value is -0.570. The van der Waals surface area contributed by atoms with Gasteiger partial charge in [0.1, 0.15) is 0 Å². The minimum absolute atomic E-state index is 0.560. The van der Waals surface area contributed by atoms with Gasteiger partial charge in [-0.25, -0.2) is 0 Å². The van der Waals surface area contributed by atoms with Gasteiger partial charge in [0.2, 0.25) is 0 Å². The van der Waals surface area contributed by atoms with Crippen LogP contribution in [-0.2, 0) is 6.42 Å². The molecular weight excluding hydrogens is 256 g/mol. The molecule has 1 aromatic carbocycles. The highest BCUT2D eigenvalue weighted by atomic mass is 35.5. The molecule has 1 saturated carbocycles. The number of halogens is 1. The number of benzene rings is 1. The van der Waals surface area contributed by atoms with Crippen LogP contribution in [0.15, 0.2) is 18.2 Å². The van der Waals surface area contributed by atoms with Crippen LogP contribution < -0.4 is 5.73 Å². The fraction of sp³-hybridized carbons (Fsp3) is 0.625. The van der Waals surface area contributed by atoms with E-state index in [9.17, 15) is 0 Å². The molecule has 3 rings (SSSR count). The smallest absolute Gasteiger partial charge is 0.0408 e. The van der Waals surface area contributed by atoms with Crippen molar-refractivity contribution in [2.75, 3.05) is 13.6 Å². The van der Waals surface area contributed by atoms with Gasteiger partial charge in [-0.15, -0.1) is 0 Å². The first-order valence-electron chi connectivity index (χ1n) is 7.41. The van der Waals surface area contributed by atoms with Crippen molar-refractivity contribution in [3.8, 4) is 0 Å². The highest BCUT2D eigenvalue weighted by Gasteiger charge is 2.35. The number of aryl methyl sites for hydroxylation is 1. The lowest BCUT2D eigenvalue weighted by atomic mass is 9.99. The highest BCUT2D eigenvalue weighted by molar-refractivity contribution is 6.30. The van der Waals surface area contributed by atoms with Gasteiger partial charge in [0.25, 0.3) is 0 Å². The van der Waals surface area contributed by atoms with E-state index in [4.69, 9.17) is 17.3 Å². The molecule has 2 nitrogen and oxygen atoms in total. The van der Waals surface area contributed by atoms with E-state index in [-0.39, 0.29) is 0 Å². The van der Waals surface area contributed by atoms with Crippen molar-refractivity contribution < 1.29 is 0 Å². The Morgan fingerprint density at radius 1 is 1.32 bits per heavy atom. The van der Waals surface area contributed by atoms with Crippen molar-refractivity contribution in [1.82, 2.24) is 4.90 Å². The van der Waals surface area contributed by atoms with Crippen LogP contribution in [0.2, 0.25) is 5.02 Å². The summed E-state index contributed by atoms with van der Waals surface area (Å²) in [6.07, 6.45) is 6.31. The zero-order valence-corrected chi connectivity index (χ0v) is 12.4. The number of hydrogen-bond donors (Lipinski definition) is 1. The molecule has 0 saturated heterocycles. The number of fused-ring (bicyclic) bond motifs is 1. The third-order valence-electron chi connectivity index (χ3n) is 5.09. The molecule has 0 spiro atoms. The van der Waals surface area contributed by atoms with E-state index >= 15 is 0 Å². The molecule has 0 bridgehead atoms. The van der Waals surface area contributed by atoms with Crippen LogP contribution in [-0.4, -0.2) is 24.5 Å². The van der Waals surface area contributed by atoms with E-state index in [0.29, 0.717) is 18.0 Å². The molecule has 3 atom stereocenters. The first-order valence-corrected chi connectivity index (χ1v) is 7.79. The van der Waals surface area contributed by atoms with E-state index in [1.165, 1.54) is 36.8 Å². The Kier molecular flexibility index (Phi) is 3.84. The number of nitrogens with two attached hydrogens (primary N) is 1. The maximum atomic E-state index is 6.09. The Morgan fingerprint density at radius 2 is 2.16 bits per heavy atom. The van der Waals surface area contributed by atoms with E-state index in [0.717, 1.165) is 18.0 Å². The molecule has 104 valence electrons. The summed E-state index contributed by atoms with van der Waals surface area (Å²) >= 11 is 6.09. The summed E-state index contributed by atoms with van der Waals surface area (Å²) in [6.45, 7) is 0.829. The van der Waals surface area contributed by atoms with Gasteiger partial charge in [0, 0.05) is 17.1 Å². The lowest BCUT2D eigenvalue weighted by Crippen LogP contribution is -2.39. The average molecular weight is 279 g/mol. The van der Waals surface area contributed by atoms with Gasteiger partial charge in [-0.3, -0.25) is 4.90 Å². The summed E-state index contributed by atoms with van der Waals surface area (Å²) in [5.41, 5.74) is 8.85. The summed E-state index contributed by atoms with van der Waals surface area (Å²) in [7, 11) is 2.28. The lowest BCUT2D eigenvalue weighted by Gasteiger charge is -2.34. The van der Waals surface area contributed by atoms with Crippen LogP contribution >= 0.6 is 11.6 Å². The van der Waals surface area contributed by atoms with Crippen molar-refractivity contribution in [2.24, 2.45) is 11.7 Å². The molecule has 0 heterocycles. The average Bonchev–Trinajstić information content (AvgIpc) is 3.03. The number of nitrogens with zero attached hydrogens (tertiary/aromatic N) is 1. The van der Waals surface area contributed by atoms with Crippen LogP contribution in [0.4, 0.5) is 0 Å². The Bertz CT molecular complexity index is 460. The molecule has 0 aromatic heterocycles. The topological polar surface area (TPSA) is 29.3 Å². The summed E-state index contributed by atoms with van der Waals surface area (Å²) in [5, 5.41) is 0.864. The van der Waals surface area contributed by atoms with Gasteiger partial charge in [-0.2, -0.15) is 0 Å². The zero-order chi connectivity index (χ0) is 13.4. The largest absolute Gasteiger partial charge is 0.330 e. The minimum atomic E-state index is 0.560. The van der Waals surface area contributed by atoms with E-state index in [1.54, 1.807) is 0 Å². The molecule has 0 aliphatic heterocycles. The molecule has 2 N–H and O–H groups in total. The summed E-state index contributed by atoms with van der Waals surface area (Å²) in [6, 6.07) is 7.61. The van der Waals surface area contributed by atoms with E-state index in [2.05, 4.69) is 24.1 Å². The molecule has 1 aromatic rings. The van der Waals surface area contributed by atoms with Crippen molar-refractivity contribution in [3.05, 3.63) is 34.3 Å². The Balaban J connectivity index is 1.81. The second-order valence-corrected chi connectivity index (χ2v) is 6.49. The quantitative estimate of drug-likeness (QED) is 0.918. The molecule has 0 amide bonds. The van der Waals surface area contributed by atoms with Crippen molar-refractivity contribution >= 4 is 11.6 Å². The fourth-order valence-electron chi connectivity index (χ4n) is 4.05. The Labute approximate surface area is 120 Å². The molecule has 0 radical (unpaired) electrons. The zero-order valence-electron chi connectivity index (χ0n) is 11.6. The maximum Gasteiger partial charge on any atom is 0.0408 e. The predicted molar refractivity (Wildman–Crippen MR) is 80.5 cm³/mol. The predicted octanol–water partition coefficient (Wildman–Crippen LogP) is 3.39. The minimum Gasteiger partial charge on any atom is -0.330 e. The second-order valence-electron chi connectivity index (χ2n) is 6.06. The van der Waals surface area contributed by atoms with Crippen molar-refractivity contribution in [1.29, 1.82) is 0 Å². The van der Waals surface area contributed by atoms with Gasteiger partial charge in [0.15, 0.2) is 0 Å². The second kappa shape index (κ2) is 5.43. The molecule has 2 aliphatic carbocycles. The van der Waals surface area contributed by atoms with Gasteiger partial charge in [-0.1, -0.05) is 24.1 Å². The van der Waals surface area contributed by atoms with E-state index in [1.807, 2.05) is 6.07 Å². The number of rotatable bonds is 3. The molecule has 1 fully saturated rings. The van der Waals surface area contributed by atoms with Crippen LogP contribution in [0, 0.1) is 5.92 Å². The lowest BCUT2D eigenvalue weighted by molar-refractivity contribution is 0.142. The van der Waals surface area contributed by atoms with Crippen LogP contribution in [0.5, 0.6) is 0 Å². The monoisotopic (exact) mass is 278 g/mol. The van der Waals surface area contributed by atoms with Crippen molar-refractivity contribution in [2.45, 2.75) is 44.2 Å². The maximum absolute atomic E-state index is 6.09. The standard InChI is InChI=1S/C16H23ClN2/c1-19(15-4-2-3-12(15)10-18)16-8-5-11-9-13(17)6-7-14(11)16/h6-7,9,12,15-16H,2-5,8,10,18H2,1H3. The van der Waals surface area contributed by atoms with Gasteiger partial charge >= 0.3 is 0 Å². The van der Waals surface area contributed by atoms with Crippen LogP contribution in [0.3, 0.4) is 0 Å². The summed E-state index contributed by atoms with van der Waals surface area (Å²) in [5.74, 6) is 0.682. The molecule has 3 heteroatoms. The first-order chi connectivity index (χ1) is 9.20. The first kappa shape index (κ1) is 13.4. The number of hydrogen-bond acceptors (Lipinski definition) is 2. The SMILES string of the molecule is CN(C1CCc2cc(Cl)ccc21)C1CCCC1CN. The fourth-order valence-corrected chi connectivity index (χ4v) is 4.24. The highest BCUT2D eigenvalue weighted by Crippen LogP contribution is 2.40. The molecule has 19 heavy (non-hydrogen) atoms. The molecule has 3 unspecified atom stereocenters. The molecule has 2 aliphatic rings.